The van der Waals surface area contributed by atoms with Gasteiger partial charge in [-0.05, 0) is 52.4 Å². The lowest BCUT2D eigenvalue weighted by Gasteiger charge is -2.34. The summed E-state index contributed by atoms with van der Waals surface area (Å²) < 4.78 is 0. The quantitative estimate of drug-likeness (QED) is 0.809. The molecule has 1 fully saturated rings. The highest BCUT2D eigenvalue weighted by molar-refractivity contribution is 7.08. The molecule has 134 valence electrons. The Morgan fingerprint density at radius 1 is 1.23 bits per heavy atom. The molecule has 2 amide bonds. The summed E-state index contributed by atoms with van der Waals surface area (Å²) in [5.41, 5.74) is 3.36. The van der Waals surface area contributed by atoms with Crippen LogP contribution in [0.15, 0.2) is 47.3 Å². The van der Waals surface area contributed by atoms with Crippen molar-refractivity contribution < 1.29 is 9.59 Å². The number of nitrogens with zero attached hydrogens (tertiary/aromatic N) is 2. The zero-order valence-electron chi connectivity index (χ0n) is 14.8. The van der Waals surface area contributed by atoms with Gasteiger partial charge in [-0.15, -0.1) is 0 Å². The van der Waals surface area contributed by atoms with Crippen molar-refractivity contribution in [1.29, 1.82) is 0 Å². The molecule has 26 heavy (non-hydrogen) atoms. The SMILES string of the molecule is CC(=O)N1C=Cc2ccccc2[C@@H]1CC(=O)N1CCC[C@@H]1c1ccsc1. The summed E-state index contributed by atoms with van der Waals surface area (Å²) in [6.07, 6.45) is 6.12. The largest absolute Gasteiger partial charge is 0.336 e. The summed E-state index contributed by atoms with van der Waals surface area (Å²) in [4.78, 5) is 29.0. The van der Waals surface area contributed by atoms with Crippen molar-refractivity contribution in [3.05, 3.63) is 64.0 Å². The van der Waals surface area contributed by atoms with Crippen LogP contribution in [0.1, 0.15) is 55.0 Å². The lowest BCUT2D eigenvalue weighted by molar-refractivity contribution is -0.135. The van der Waals surface area contributed by atoms with Crippen molar-refractivity contribution in [2.45, 2.75) is 38.3 Å². The molecule has 2 aliphatic heterocycles. The van der Waals surface area contributed by atoms with Gasteiger partial charge < -0.3 is 9.80 Å². The highest BCUT2D eigenvalue weighted by Gasteiger charge is 2.34. The van der Waals surface area contributed by atoms with Gasteiger partial charge in [0.2, 0.25) is 11.8 Å². The van der Waals surface area contributed by atoms with E-state index in [0.29, 0.717) is 6.42 Å². The van der Waals surface area contributed by atoms with E-state index in [0.717, 1.165) is 30.5 Å². The Morgan fingerprint density at radius 2 is 2.08 bits per heavy atom. The van der Waals surface area contributed by atoms with Crippen LogP contribution in [-0.2, 0) is 9.59 Å². The first-order valence-electron chi connectivity index (χ1n) is 9.03. The number of carbonyl (C=O) groups is 2. The molecule has 1 aromatic heterocycles. The fourth-order valence-corrected chi connectivity index (χ4v) is 4.78. The summed E-state index contributed by atoms with van der Waals surface area (Å²) in [6, 6.07) is 10.1. The maximum absolute atomic E-state index is 13.2. The molecular formula is C21H22N2O2S. The Hall–Kier alpha value is -2.40. The third kappa shape index (κ3) is 3.07. The van der Waals surface area contributed by atoms with E-state index >= 15 is 0 Å². The maximum atomic E-state index is 13.2. The zero-order valence-corrected chi connectivity index (χ0v) is 15.6. The number of carbonyl (C=O) groups excluding carboxylic acids is 2. The van der Waals surface area contributed by atoms with Gasteiger partial charge in [0.1, 0.15) is 0 Å². The second-order valence-corrected chi connectivity index (χ2v) is 7.67. The Kier molecular flexibility index (Phi) is 4.64. The summed E-state index contributed by atoms with van der Waals surface area (Å²) in [5, 5.41) is 4.20. The highest BCUT2D eigenvalue weighted by Crippen LogP contribution is 2.37. The Balaban J connectivity index is 1.59. The molecule has 2 atom stereocenters. The number of likely N-dealkylation sites (tertiary alicyclic amines) is 1. The summed E-state index contributed by atoms with van der Waals surface area (Å²) in [6.45, 7) is 2.35. The zero-order chi connectivity index (χ0) is 18.1. The number of amides is 2. The second-order valence-electron chi connectivity index (χ2n) is 6.89. The molecule has 3 heterocycles. The van der Waals surface area contributed by atoms with E-state index < -0.39 is 0 Å². The summed E-state index contributed by atoms with van der Waals surface area (Å²) in [5.74, 6) is 0.0874. The third-order valence-corrected chi connectivity index (χ3v) is 6.04. The Morgan fingerprint density at radius 3 is 2.85 bits per heavy atom. The van der Waals surface area contributed by atoms with E-state index in [4.69, 9.17) is 0 Å². The van der Waals surface area contributed by atoms with Crippen LogP contribution < -0.4 is 0 Å². The van der Waals surface area contributed by atoms with Crippen LogP contribution in [0.3, 0.4) is 0 Å². The van der Waals surface area contributed by atoms with Crippen LogP contribution in [0.2, 0.25) is 0 Å². The van der Waals surface area contributed by atoms with Gasteiger partial charge in [-0.1, -0.05) is 24.3 Å². The molecule has 4 rings (SSSR count). The third-order valence-electron chi connectivity index (χ3n) is 5.34. The molecule has 2 aliphatic rings. The van der Waals surface area contributed by atoms with E-state index in [-0.39, 0.29) is 23.9 Å². The maximum Gasteiger partial charge on any atom is 0.225 e. The van der Waals surface area contributed by atoms with Crippen molar-refractivity contribution in [3.63, 3.8) is 0 Å². The van der Waals surface area contributed by atoms with Crippen molar-refractivity contribution >= 4 is 29.2 Å². The standard InChI is InChI=1S/C21H22N2O2S/c1-15(24)22-11-8-16-5-2-3-6-18(16)20(22)13-21(25)23-10-4-7-19(23)17-9-12-26-14-17/h2-3,5-6,8-9,11-12,14,19-20H,4,7,10,13H2,1H3/t19-,20+/m1/s1. The van der Waals surface area contributed by atoms with Crippen molar-refractivity contribution in [3.8, 4) is 0 Å². The molecular weight excluding hydrogens is 344 g/mol. The van der Waals surface area contributed by atoms with Gasteiger partial charge in [-0.2, -0.15) is 11.3 Å². The normalized spacial score (nSPS) is 21.7. The van der Waals surface area contributed by atoms with E-state index in [9.17, 15) is 9.59 Å². The minimum Gasteiger partial charge on any atom is -0.336 e. The van der Waals surface area contributed by atoms with Crippen LogP contribution >= 0.6 is 11.3 Å². The molecule has 1 aromatic carbocycles. The Bertz CT molecular complexity index is 843. The van der Waals surface area contributed by atoms with E-state index in [1.807, 2.05) is 41.4 Å². The topological polar surface area (TPSA) is 40.6 Å². The Labute approximate surface area is 157 Å². The predicted molar refractivity (Wildman–Crippen MR) is 103 cm³/mol. The summed E-state index contributed by atoms with van der Waals surface area (Å²) >= 11 is 1.67. The molecule has 0 radical (unpaired) electrons. The number of thiophene rings is 1. The van der Waals surface area contributed by atoms with E-state index in [1.165, 1.54) is 5.56 Å². The number of hydrogen-bond donors (Lipinski definition) is 0. The molecule has 5 heteroatoms. The number of benzene rings is 1. The van der Waals surface area contributed by atoms with Gasteiger partial charge >= 0.3 is 0 Å². The first-order valence-corrected chi connectivity index (χ1v) is 9.97. The van der Waals surface area contributed by atoms with Crippen LogP contribution in [0.5, 0.6) is 0 Å². The average molecular weight is 366 g/mol. The van der Waals surface area contributed by atoms with Crippen LogP contribution in [-0.4, -0.2) is 28.2 Å². The number of rotatable bonds is 3. The molecule has 0 saturated carbocycles. The predicted octanol–water partition coefficient (Wildman–Crippen LogP) is 4.38. The summed E-state index contributed by atoms with van der Waals surface area (Å²) in [7, 11) is 0. The average Bonchev–Trinajstić information content (AvgIpc) is 3.32. The monoisotopic (exact) mass is 366 g/mol. The number of hydrogen-bond acceptors (Lipinski definition) is 3. The van der Waals surface area contributed by atoms with Gasteiger partial charge in [0, 0.05) is 19.7 Å². The smallest absolute Gasteiger partial charge is 0.225 e. The second kappa shape index (κ2) is 7.08. The van der Waals surface area contributed by atoms with Gasteiger partial charge in [-0.25, -0.2) is 0 Å². The molecule has 2 aromatic rings. The minimum absolute atomic E-state index is 0.0376. The first-order chi connectivity index (χ1) is 12.6. The molecule has 4 nitrogen and oxygen atoms in total. The lowest BCUT2D eigenvalue weighted by Crippen LogP contribution is -2.37. The fourth-order valence-electron chi connectivity index (χ4n) is 4.07. The molecule has 0 bridgehead atoms. The molecule has 0 aliphatic carbocycles. The van der Waals surface area contributed by atoms with Crippen molar-refractivity contribution in [2.75, 3.05) is 6.54 Å². The molecule has 0 unspecified atom stereocenters. The minimum atomic E-state index is -0.232. The van der Waals surface area contributed by atoms with Crippen LogP contribution in [0, 0.1) is 0 Å². The molecule has 1 saturated heterocycles. The van der Waals surface area contributed by atoms with Gasteiger partial charge in [0.15, 0.2) is 0 Å². The van der Waals surface area contributed by atoms with E-state index in [1.54, 1.807) is 23.2 Å². The van der Waals surface area contributed by atoms with Crippen LogP contribution in [0.4, 0.5) is 0 Å². The lowest BCUT2D eigenvalue weighted by atomic mass is 9.93. The molecule has 0 N–H and O–H groups in total. The van der Waals surface area contributed by atoms with E-state index in [2.05, 4.69) is 16.8 Å². The van der Waals surface area contributed by atoms with Gasteiger partial charge in [0.05, 0.1) is 18.5 Å². The molecule has 0 spiro atoms. The fraction of sp³-hybridized carbons (Fsp3) is 0.333. The number of fused-ring (bicyclic) bond motifs is 1. The highest BCUT2D eigenvalue weighted by atomic mass is 32.1. The first kappa shape index (κ1) is 17.0. The van der Waals surface area contributed by atoms with Gasteiger partial charge in [-0.3, -0.25) is 9.59 Å². The van der Waals surface area contributed by atoms with Crippen molar-refractivity contribution in [2.24, 2.45) is 0 Å². The van der Waals surface area contributed by atoms with Crippen LogP contribution in [0.25, 0.3) is 6.08 Å². The van der Waals surface area contributed by atoms with Gasteiger partial charge in [0.25, 0.3) is 0 Å². The van der Waals surface area contributed by atoms with Crippen molar-refractivity contribution in [1.82, 2.24) is 9.80 Å².